The lowest BCUT2D eigenvalue weighted by molar-refractivity contribution is -0.137. The Morgan fingerprint density at radius 2 is 2.08 bits per heavy atom. The first-order chi connectivity index (χ1) is 12.6. The van der Waals surface area contributed by atoms with Crippen molar-refractivity contribution < 1.29 is 14.3 Å². The summed E-state index contributed by atoms with van der Waals surface area (Å²) in [6.45, 7) is 7.55. The topological polar surface area (TPSA) is 42.0 Å². The Kier molecular flexibility index (Phi) is 7.17. The van der Waals surface area contributed by atoms with Gasteiger partial charge in [-0.05, 0) is 56.4 Å². The van der Waals surface area contributed by atoms with Crippen molar-refractivity contribution in [1.29, 1.82) is 0 Å². The lowest BCUT2D eigenvalue weighted by Gasteiger charge is -2.37. The van der Waals surface area contributed by atoms with Crippen LogP contribution in [0.3, 0.4) is 0 Å². The van der Waals surface area contributed by atoms with Crippen LogP contribution in [0.5, 0.6) is 5.75 Å². The Morgan fingerprint density at radius 3 is 2.85 bits per heavy atom. The minimum atomic E-state index is 0.0873. The molecule has 0 unspecified atom stereocenters. The SMILES string of the molecule is Cc1cc(OCC(=O)N2CCCC[C@H]2CCN2CCOCC2)ccc1Cl. The summed E-state index contributed by atoms with van der Waals surface area (Å²) < 4.78 is 11.1. The normalized spacial score (nSPS) is 21.6. The lowest BCUT2D eigenvalue weighted by Crippen LogP contribution is -2.47. The molecule has 2 aliphatic heterocycles. The molecule has 2 fully saturated rings. The Balaban J connectivity index is 1.50. The van der Waals surface area contributed by atoms with E-state index in [0.29, 0.717) is 16.8 Å². The molecule has 0 N–H and O–H groups in total. The molecule has 5 nitrogen and oxygen atoms in total. The van der Waals surface area contributed by atoms with E-state index in [1.807, 2.05) is 30.0 Å². The molecule has 0 aromatic heterocycles. The molecular weight excluding hydrogens is 352 g/mol. The summed E-state index contributed by atoms with van der Waals surface area (Å²) in [6, 6.07) is 5.83. The third-order valence-corrected chi connectivity index (χ3v) is 5.75. The van der Waals surface area contributed by atoms with Crippen LogP contribution in [0.1, 0.15) is 31.2 Å². The van der Waals surface area contributed by atoms with Crippen LogP contribution in [-0.2, 0) is 9.53 Å². The zero-order chi connectivity index (χ0) is 18.4. The minimum absolute atomic E-state index is 0.0873. The van der Waals surface area contributed by atoms with E-state index < -0.39 is 0 Å². The van der Waals surface area contributed by atoms with Crippen molar-refractivity contribution >= 4 is 17.5 Å². The molecule has 2 aliphatic rings. The number of rotatable bonds is 6. The van der Waals surface area contributed by atoms with Gasteiger partial charge in [0.1, 0.15) is 5.75 Å². The molecule has 26 heavy (non-hydrogen) atoms. The molecule has 2 saturated heterocycles. The third kappa shape index (κ3) is 5.35. The zero-order valence-corrected chi connectivity index (χ0v) is 16.3. The summed E-state index contributed by atoms with van der Waals surface area (Å²) in [5, 5.41) is 0.711. The second-order valence-corrected chi connectivity index (χ2v) is 7.59. The molecule has 0 saturated carbocycles. The predicted octanol–water partition coefficient (Wildman–Crippen LogP) is 3.13. The molecule has 1 aromatic carbocycles. The Morgan fingerprint density at radius 1 is 1.27 bits per heavy atom. The highest BCUT2D eigenvalue weighted by Crippen LogP contribution is 2.23. The van der Waals surface area contributed by atoms with Gasteiger partial charge < -0.3 is 14.4 Å². The van der Waals surface area contributed by atoms with E-state index in [2.05, 4.69) is 4.90 Å². The monoisotopic (exact) mass is 380 g/mol. The van der Waals surface area contributed by atoms with Crippen molar-refractivity contribution in [2.75, 3.05) is 46.0 Å². The van der Waals surface area contributed by atoms with Crippen LogP contribution < -0.4 is 4.74 Å². The fourth-order valence-electron chi connectivity index (χ4n) is 3.72. The quantitative estimate of drug-likeness (QED) is 0.760. The van der Waals surface area contributed by atoms with Gasteiger partial charge >= 0.3 is 0 Å². The van der Waals surface area contributed by atoms with E-state index in [1.165, 1.54) is 6.42 Å². The summed E-state index contributed by atoms with van der Waals surface area (Å²) >= 11 is 6.04. The molecule has 1 aromatic rings. The van der Waals surface area contributed by atoms with Crippen molar-refractivity contribution in [1.82, 2.24) is 9.80 Å². The average molecular weight is 381 g/mol. The summed E-state index contributed by atoms with van der Waals surface area (Å²) in [5.74, 6) is 0.784. The van der Waals surface area contributed by atoms with Crippen molar-refractivity contribution in [3.05, 3.63) is 28.8 Å². The molecule has 1 amide bonds. The maximum atomic E-state index is 12.7. The summed E-state index contributed by atoms with van der Waals surface area (Å²) in [6.07, 6.45) is 4.41. The number of halogens is 1. The van der Waals surface area contributed by atoms with Gasteiger partial charge in [-0.15, -0.1) is 0 Å². The van der Waals surface area contributed by atoms with Gasteiger partial charge in [-0.1, -0.05) is 11.6 Å². The van der Waals surface area contributed by atoms with E-state index in [0.717, 1.165) is 64.2 Å². The molecule has 0 spiro atoms. The van der Waals surface area contributed by atoms with Gasteiger partial charge in [0.05, 0.1) is 13.2 Å². The fourth-order valence-corrected chi connectivity index (χ4v) is 3.84. The smallest absolute Gasteiger partial charge is 0.260 e. The Labute approximate surface area is 161 Å². The minimum Gasteiger partial charge on any atom is -0.484 e. The average Bonchev–Trinajstić information content (AvgIpc) is 2.68. The first-order valence-electron chi connectivity index (χ1n) is 9.62. The van der Waals surface area contributed by atoms with Gasteiger partial charge in [0.2, 0.25) is 0 Å². The number of ether oxygens (including phenoxy) is 2. The summed E-state index contributed by atoms with van der Waals surface area (Å²) in [4.78, 5) is 17.2. The maximum Gasteiger partial charge on any atom is 0.260 e. The lowest BCUT2D eigenvalue weighted by atomic mass is 9.99. The molecular formula is C20H29ClN2O3. The molecule has 0 radical (unpaired) electrons. The number of hydrogen-bond acceptors (Lipinski definition) is 4. The molecule has 0 aliphatic carbocycles. The van der Waals surface area contributed by atoms with Crippen molar-refractivity contribution in [2.45, 2.75) is 38.6 Å². The van der Waals surface area contributed by atoms with Crippen molar-refractivity contribution in [3.63, 3.8) is 0 Å². The van der Waals surface area contributed by atoms with E-state index >= 15 is 0 Å². The van der Waals surface area contributed by atoms with Crippen LogP contribution in [0.25, 0.3) is 0 Å². The van der Waals surface area contributed by atoms with Crippen LogP contribution in [0.15, 0.2) is 18.2 Å². The first kappa shape index (κ1) is 19.5. The van der Waals surface area contributed by atoms with Gasteiger partial charge in [0.15, 0.2) is 6.61 Å². The Hall–Kier alpha value is -1.30. The van der Waals surface area contributed by atoms with Crippen LogP contribution >= 0.6 is 11.6 Å². The van der Waals surface area contributed by atoms with Gasteiger partial charge in [0, 0.05) is 37.2 Å². The van der Waals surface area contributed by atoms with E-state index in [9.17, 15) is 4.79 Å². The highest BCUT2D eigenvalue weighted by atomic mass is 35.5. The third-order valence-electron chi connectivity index (χ3n) is 5.32. The van der Waals surface area contributed by atoms with Crippen molar-refractivity contribution in [3.8, 4) is 5.75 Å². The number of morpholine rings is 1. The summed E-state index contributed by atoms with van der Waals surface area (Å²) in [7, 11) is 0. The van der Waals surface area contributed by atoms with E-state index in [1.54, 1.807) is 0 Å². The number of nitrogens with zero attached hydrogens (tertiary/aromatic N) is 2. The van der Waals surface area contributed by atoms with E-state index in [4.69, 9.17) is 21.1 Å². The predicted molar refractivity (Wildman–Crippen MR) is 103 cm³/mol. The molecule has 3 rings (SSSR count). The number of amides is 1. The van der Waals surface area contributed by atoms with Crippen molar-refractivity contribution in [2.24, 2.45) is 0 Å². The fraction of sp³-hybridized carbons (Fsp3) is 0.650. The van der Waals surface area contributed by atoms with Gasteiger partial charge in [0.25, 0.3) is 5.91 Å². The number of carbonyl (C=O) groups excluding carboxylic acids is 1. The number of piperidine rings is 1. The Bertz CT molecular complexity index is 605. The molecule has 6 heteroatoms. The molecule has 2 heterocycles. The molecule has 144 valence electrons. The number of carbonyl (C=O) groups is 1. The highest BCUT2D eigenvalue weighted by Gasteiger charge is 2.27. The number of aryl methyl sites for hydroxylation is 1. The molecule has 0 bridgehead atoms. The summed E-state index contributed by atoms with van der Waals surface area (Å²) in [5.41, 5.74) is 0.956. The largest absolute Gasteiger partial charge is 0.484 e. The van der Waals surface area contributed by atoms with Gasteiger partial charge in [-0.3, -0.25) is 9.69 Å². The van der Waals surface area contributed by atoms with Gasteiger partial charge in [-0.25, -0.2) is 0 Å². The number of likely N-dealkylation sites (tertiary alicyclic amines) is 1. The van der Waals surface area contributed by atoms with Crippen LogP contribution in [-0.4, -0.2) is 67.7 Å². The standard InChI is InChI=1S/C20H29ClN2O3/c1-16-14-18(5-6-19(16)21)26-15-20(24)23-8-3-2-4-17(23)7-9-22-10-12-25-13-11-22/h5-6,14,17H,2-4,7-13,15H2,1H3/t17-/m0/s1. The number of benzene rings is 1. The first-order valence-corrected chi connectivity index (χ1v) is 10.00. The zero-order valence-electron chi connectivity index (χ0n) is 15.6. The number of hydrogen-bond donors (Lipinski definition) is 0. The van der Waals surface area contributed by atoms with Crippen LogP contribution in [0.4, 0.5) is 0 Å². The highest BCUT2D eigenvalue weighted by molar-refractivity contribution is 6.31. The van der Waals surface area contributed by atoms with Crippen LogP contribution in [0, 0.1) is 6.92 Å². The maximum absolute atomic E-state index is 12.7. The van der Waals surface area contributed by atoms with Gasteiger partial charge in [-0.2, -0.15) is 0 Å². The van der Waals surface area contributed by atoms with Crippen LogP contribution in [0.2, 0.25) is 5.02 Å². The van der Waals surface area contributed by atoms with E-state index in [-0.39, 0.29) is 12.5 Å². The second kappa shape index (κ2) is 9.58. The molecule has 1 atom stereocenters. The second-order valence-electron chi connectivity index (χ2n) is 7.18.